The molecular weight excluding hydrogens is 525 g/mol. The molecule has 3 aromatic heterocycles. The van der Waals surface area contributed by atoms with Gasteiger partial charge in [-0.3, -0.25) is 14.7 Å². The van der Waals surface area contributed by atoms with Crippen LogP contribution in [0.4, 0.5) is 14.9 Å². The summed E-state index contributed by atoms with van der Waals surface area (Å²) in [7, 11) is 1.79. The molecule has 1 aliphatic heterocycles. The van der Waals surface area contributed by atoms with E-state index in [1.54, 1.807) is 30.1 Å². The molecule has 1 saturated heterocycles. The van der Waals surface area contributed by atoms with Crippen LogP contribution in [0.2, 0.25) is 0 Å². The minimum absolute atomic E-state index is 0.0166. The van der Waals surface area contributed by atoms with Gasteiger partial charge in [-0.05, 0) is 31.2 Å². The lowest BCUT2D eigenvalue weighted by molar-refractivity contribution is 0.0374. The third-order valence-electron chi connectivity index (χ3n) is 6.28. The van der Waals surface area contributed by atoms with Crippen LogP contribution in [0.25, 0.3) is 20.9 Å². The van der Waals surface area contributed by atoms with Crippen LogP contribution in [0, 0.1) is 5.82 Å². The van der Waals surface area contributed by atoms with E-state index in [1.807, 2.05) is 6.07 Å². The molecule has 3 amide bonds. The number of carbonyl (C=O) groups is 2. The second-order valence-corrected chi connectivity index (χ2v) is 10.0. The predicted molar refractivity (Wildman–Crippen MR) is 146 cm³/mol. The average molecular weight is 554 g/mol. The van der Waals surface area contributed by atoms with E-state index in [2.05, 4.69) is 25.5 Å². The molecular formula is C26H28FN7O4S. The Labute approximate surface area is 227 Å². The van der Waals surface area contributed by atoms with E-state index in [0.717, 1.165) is 50.2 Å². The van der Waals surface area contributed by atoms with Gasteiger partial charge in [-0.25, -0.2) is 14.2 Å². The van der Waals surface area contributed by atoms with Gasteiger partial charge in [0.15, 0.2) is 11.6 Å². The fraction of sp³-hybridized carbons (Fsp3) is 0.308. The number of benzene rings is 1. The molecule has 0 saturated carbocycles. The Hall–Kier alpha value is -4.07. The molecule has 1 aromatic carbocycles. The number of hydrogen-bond acceptors (Lipinski definition) is 8. The molecule has 0 bridgehead atoms. The molecule has 0 atom stereocenters. The lowest BCUT2D eigenvalue weighted by atomic mass is 10.3. The normalized spacial score (nSPS) is 13.9. The summed E-state index contributed by atoms with van der Waals surface area (Å²) >= 11 is 1.38. The van der Waals surface area contributed by atoms with E-state index in [1.165, 1.54) is 23.5 Å². The Kier molecular flexibility index (Phi) is 8.00. The van der Waals surface area contributed by atoms with Crippen molar-refractivity contribution in [2.24, 2.45) is 12.8 Å². The van der Waals surface area contributed by atoms with Crippen molar-refractivity contribution in [3.05, 3.63) is 54.2 Å². The summed E-state index contributed by atoms with van der Waals surface area (Å²) in [5.41, 5.74) is 6.41. The summed E-state index contributed by atoms with van der Waals surface area (Å²) in [6, 6.07) is 6.74. The first-order valence-electron chi connectivity index (χ1n) is 12.4. The van der Waals surface area contributed by atoms with Crippen molar-refractivity contribution in [1.82, 2.24) is 24.8 Å². The quantitative estimate of drug-likeness (QED) is 0.270. The van der Waals surface area contributed by atoms with E-state index in [4.69, 9.17) is 15.2 Å². The highest BCUT2D eigenvalue weighted by atomic mass is 32.1. The summed E-state index contributed by atoms with van der Waals surface area (Å²) in [4.78, 5) is 35.8. The molecule has 4 aromatic rings. The number of imidazole rings is 1. The van der Waals surface area contributed by atoms with Gasteiger partial charge in [0, 0.05) is 50.7 Å². The minimum Gasteiger partial charge on any atom is -0.453 e. The molecule has 4 heterocycles. The number of nitrogens with one attached hydrogen (secondary N) is 2. The maximum Gasteiger partial charge on any atom is 0.316 e. The van der Waals surface area contributed by atoms with Crippen LogP contribution in [0.3, 0.4) is 0 Å². The molecule has 39 heavy (non-hydrogen) atoms. The van der Waals surface area contributed by atoms with Crippen LogP contribution in [0.15, 0.2) is 42.7 Å². The summed E-state index contributed by atoms with van der Waals surface area (Å²) in [6.07, 6.45) is 3.98. The van der Waals surface area contributed by atoms with Crippen LogP contribution in [0.5, 0.6) is 11.5 Å². The Morgan fingerprint density at radius 1 is 1.18 bits per heavy atom. The van der Waals surface area contributed by atoms with E-state index in [-0.39, 0.29) is 17.3 Å². The van der Waals surface area contributed by atoms with Crippen molar-refractivity contribution in [3.8, 4) is 22.2 Å². The third kappa shape index (κ3) is 6.16. The number of fused-ring (bicyclic) bond motifs is 1. The van der Waals surface area contributed by atoms with E-state index < -0.39 is 11.8 Å². The number of ether oxygens (including phenoxy) is 2. The second kappa shape index (κ2) is 11.8. The molecule has 13 heteroatoms. The summed E-state index contributed by atoms with van der Waals surface area (Å²) in [5, 5.41) is 5.30. The highest BCUT2D eigenvalue weighted by Gasteiger charge is 2.19. The number of amides is 3. The van der Waals surface area contributed by atoms with Crippen LogP contribution < -0.4 is 21.1 Å². The van der Waals surface area contributed by atoms with Gasteiger partial charge in [-0.15, -0.1) is 11.3 Å². The van der Waals surface area contributed by atoms with Crippen molar-refractivity contribution in [2.75, 3.05) is 44.7 Å². The van der Waals surface area contributed by atoms with Crippen molar-refractivity contribution in [1.29, 1.82) is 0 Å². The van der Waals surface area contributed by atoms with Crippen molar-refractivity contribution >= 4 is 39.2 Å². The van der Waals surface area contributed by atoms with Crippen molar-refractivity contribution in [3.63, 3.8) is 0 Å². The lowest BCUT2D eigenvalue weighted by Gasteiger charge is -2.26. The van der Waals surface area contributed by atoms with Gasteiger partial charge >= 0.3 is 6.03 Å². The zero-order valence-electron chi connectivity index (χ0n) is 21.3. The molecule has 0 aliphatic carbocycles. The molecule has 204 valence electrons. The van der Waals surface area contributed by atoms with Crippen molar-refractivity contribution in [2.45, 2.75) is 6.42 Å². The van der Waals surface area contributed by atoms with Gasteiger partial charge in [0.05, 0.1) is 34.5 Å². The van der Waals surface area contributed by atoms with E-state index in [0.29, 0.717) is 34.0 Å². The summed E-state index contributed by atoms with van der Waals surface area (Å²) < 4.78 is 28.3. The molecule has 0 spiro atoms. The number of nitrogens with two attached hydrogens (primary N) is 1. The molecule has 5 rings (SSSR count). The Balaban J connectivity index is 1.28. The second-order valence-electron chi connectivity index (χ2n) is 8.96. The van der Waals surface area contributed by atoms with Gasteiger partial charge in [-0.2, -0.15) is 0 Å². The lowest BCUT2D eigenvalue weighted by Crippen LogP contribution is -2.38. The van der Waals surface area contributed by atoms with Crippen LogP contribution >= 0.6 is 11.3 Å². The number of anilines is 1. The van der Waals surface area contributed by atoms with Crippen molar-refractivity contribution < 1.29 is 23.5 Å². The molecule has 0 radical (unpaired) electrons. The van der Waals surface area contributed by atoms with Gasteiger partial charge in [0.1, 0.15) is 17.3 Å². The maximum atomic E-state index is 14.6. The number of primary amides is 1. The number of morpholine rings is 1. The zero-order valence-corrected chi connectivity index (χ0v) is 22.1. The summed E-state index contributed by atoms with van der Waals surface area (Å²) in [5.74, 6) is 0.157. The zero-order chi connectivity index (χ0) is 27.4. The number of carbonyl (C=O) groups excluding carboxylic acids is 2. The van der Waals surface area contributed by atoms with Crippen LogP contribution in [-0.4, -0.2) is 70.8 Å². The topological polar surface area (TPSA) is 137 Å². The first-order chi connectivity index (χ1) is 18.9. The SMILES string of the molecule is Cn1c(C(=O)NCCCN2CCOCC2)cnc1-c1cc2nccc(Oc3ccc(NC(N)=O)cc3F)c2s1. The molecule has 0 unspecified atom stereocenters. The van der Waals surface area contributed by atoms with E-state index >= 15 is 0 Å². The number of urea groups is 1. The predicted octanol–water partition coefficient (Wildman–Crippen LogP) is 3.57. The molecule has 11 nitrogen and oxygen atoms in total. The Morgan fingerprint density at radius 3 is 2.77 bits per heavy atom. The number of rotatable bonds is 9. The van der Waals surface area contributed by atoms with Gasteiger partial charge in [0.25, 0.3) is 5.91 Å². The molecule has 4 N–H and O–H groups in total. The number of halogens is 1. The standard InChI is InChI=1S/C26H28FN7O4S/c1-33-19(25(35)30-6-2-8-34-9-11-37-12-10-34)15-31-24(33)22-14-18-23(39-22)21(5-7-29-18)38-20-4-3-16(13-17(20)27)32-26(28)36/h3-5,7,13-15H,2,6,8-12H2,1H3,(H,30,35)(H3,28,32,36). The number of aromatic nitrogens is 3. The highest BCUT2D eigenvalue weighted by molar-refractivity contribution is 7.22. The number of thiophene rings is 1. The van der Waals surface area contributed by atoms with Gasteiger partial charge in [-0.1, -0.05) is 0 Å². The fourth-order valence-corrected chi connectivity index (χ4v) is 5.39. The van der Waals surface area contributed by atoms with Gasteiger partial charge < -0.3 is 30.4 Å². The highest BCUT2D eigenvalue weighted by Crippen LogP contribution is 2.39. The Morgan fingerprint density at radius 2 is 2.00 bits per heavy atom. The first kappa shape index (κ1) is 26.5. The van der Waals surface area contributed by atoms with Crippen LogP contribution in [-0.2, 0) is 11.8 Å². The average Bonchev–Trinajstić information content (AvgIpc) is 3.52. The number of nitrogens with zero attached hydrogens (tertiary/aromatic N) is 4. The number of hydrogen-bond donors (Lipinski definition) is 3. The smallest absolute Gasteiger partial charge is 0.316 e. The molecule has 1 aliphatic rings. The Bertz CT molecular complexity index is 1500. The third-order valence-corrected chi connectivity index (χ3v) is 7.41. The summed E-state index contributed by atoms with van der Waals surface area (Å²) in [6.45, 7) is 4.84. The maximum absolute atomic E-state index is 14.6. The van der Waals surface area contributed by atoms with Crippen LogP contribution in [0.1, 0.15) is 16.9 Å². The minimum atomic E-state index is -0.788. The largest absolute Gasteiger partial charge is 0.453 e. The van der Waals surface area contributed by atoms with Gasteiger partial charge in [0.2, 0.25) is 0 Å². The monoisotopic (exact) mass is 553 g/mol. The van der Waals surface area contributed by atoms with E-state index in [9.17, 15) is 14.0 Å². The first-order valence-corrected chi connectivity index (χ1v) is 13.2. The number of pyridine rings is 1. The molecule has 1 fully saturated rings. The fourth-order valence-electron chi connectivity index (χ4n) is 4.30.